The zero-order chi connectivity index (χ0) is 17.2. The molecule has 0 saturated carbocycles. The Bertz CT molecular complexity index is 997. The monoisotopic (exact) mass is 370 g/mol. The number of thiophene rings is 1. The number of methoxy groups -OCH3 is 1. The van der Waals surface area contributed by atoms with E-state index in [1.165, 1.54) is 0 Å². The Balaban J connectivity index is 1.55. The Morgan fingerprint density at radius 3 is 2.76 bits per heavy atom. The van der Waals surface area contributed by atoms with Gasteiger partial charge in [-0.15, -0.1) is 21.5 Å². The molecule has 4 aromatic rings. The van der Waals surface area contributed by atoms with Crippen LogP contribution < -0.4 is 4.74 Å². The van der Waals surface area contributed by atoms with Gasteiger partial charge in [0, 0.05) is 10.9 Å². The Hall–Kier alpha value is -2.45. The number of ether oxygens (including phenoxy) is 1. The maximum Gasteiger partial charge on any atom is 0.247 e. The van der Waals surface area contributed by atoms with Gasteiger partial charge in [0.2, 0.25) is 11.8 Å². The van der Waals surface area contributed by atoms with Crippen LogP contribution in [0.5, 0.6) is 5.75 Å². The van der Waals surface area contributed by atoms with Crippen molar-refractivity contribution in [1.82, 2.24) is 20.2 Å². The third-order valence-corrected chi connectivity index (χ3v) is 5.56. The van der Waals surface area contributed by atoms with E-state index in [2.05, 4.69) is 20.2 Å². The first kappa shape index (κ1) is 16.0. The lowest BCUT2D eigenvalue weighted by Crippen LogP contribution is -1.91. The summed E-state index contributed by atoms with van der Waals surface area (Å²) in [7, 11) is 1.64. The van der Waals surface area contributed by atoms with Crippen LogP contribution in [0, 0.1) is 0 Å². The fourth-order valence-corrected chi connectivity index (χ4v) is 4.06. The molecule has 25 heavy (non-hydrogen) atoms. The maximum absolute atomic E-state index is 5.85. The number of rotatable bonds is 5. The number of hydrogen-bond acceptors (Lipinski definition) is 8. The van der Waals surface area contributed by atoms with Crippen LogP contribution >= 0.6 is 23.1 Å². The van der Waals surface area contributed by atoms with E-state index >= 15 is 0 Å². The lowest BCUT2D eigenvalue weighted by Gasteiger charge is -2.06. The van der Waals surface area contributed by atoms with E-state index in [4.69, 9.17) is 9.15 Å². The van der Waals surface area contributed by atoms with Gasteiger partial charge in [-0.3, -0.25) is 0 Å². The Labute approximate surface area is 152 Å². The summed E-state index contributed by atoms with van der Waals surface area (Å²) in [4.78, 5) is 9.64. The first-order valence-electron chi connectivity index (χ1n) is 7.57. The molecule has 0 aliphatic carbocycles. The van der Waals surface area contributed by atoms with Crippen molar-refractivity contribution in [3.05, 3.63) is 47.9 Å². The van der Waals surface area contributed by atoms with Crippen molar-refractivity contribution in [2.45, 2.75) is 17.2 Å². The van der Waals surface area contributed by atoms with Crippen molar-refractivity contribution in [2.75, 3.05) is 7.11 Å². The summed E-state index contributed by atoms with van der Waals surface area (Å²) in [5, 5.41) is 12.3. The molecule has 0 unspecified atom stereocenters. The molecular weight excluding hydrogens is 356 g/mol. The molecule has 0 spiro atoms. The summed E-state index contributed by atoms with van der Waals surface area (Å²) in [6.07, 6.45) is 1.59. The third-order valence-electron chi connectivity index (χ3n) is 3.64. The van der Waals surface area contributed by atoms with Gasteiger partial charge in [-0.1, -0.05) is 11.8 Å². The largest absolute Gasteiger partial charge is 0.497 e. The van der Waals surface area contributed by atoms with E-state index in [1.54, 1.807) is 36.5 Å². The van der Waals surface area contributed by atoms with Crippen LogP contribution in [0.25, 0.3) is 21.7 Å². The zero-order valence-corrected chi connectivity index (χ0v) is 15.2. The molecule has 3 aromatic heterocycles. The number of thioether (sulfide) groups is 1. The molecule has 0 aliphatic rings. The van der Waals surface area contributed by atoms with Crippen molar-refractivity contribution in [3.8, 4) is 17.2 Å². The van der Waals surface area contributed by atoms with Crippen molar-refractivity contribution >= 4 is 33.3 Å². The van der Waals surface area contributed by atoms with Crippen molar-refractivity contribution < 1.29 is 9.15 Å². The van der Waals surface area contributed by atoms with Gasteiger partial charge in [-0.25, -0.2) is 9.97 Å². The Morgan fingerprint density at radius 1 is 1.12 bits per heavy atom. The van der Waals surface area contributed by atoms with E-state index < -0.39 is 0 Å². The first-order valence-corrected chi connectivity index (χ1v) is 9.33. The minimum absolute atomic E-state index is 0.0162. The van der Waals surface area contributed by atoms with Crippen molar-refractivity contribution in [1.29, 1.82) is 0 Å². The van der Waals surface area contributed by atoms with Gasteiger partial charge < -0.3 is 9.15 Å². The molecule has 1 aromatic carbocycles. The maximum atomic E-state index is 5.85. The topological polar surface area (TPSA) is 73.9 Å². The number of nitrogens with zero attached hydrogens (tertiary/aromatic N) is 4. The predicted molar refractivity (Wildman–Crippen MR) is 98.0 cm³/mol. The molecule has 3 heterocycles. The summed E-state index contributed by atoms with van der Waals surface area (Å²) >= 11 is 3.19. The molecule has 0 amide bonds. The third kappa shape index (κ3) is 3.22. The van der Waals surface area contributed by atoms with E-state index in [0.717, 1.165) is 26.6 Å². The van der Waals surface area contributed by atoms with Crippen LogP contribution in [0.1, 0.15) is 18.1 Å². The van der Waals surface area contributed by atoms with Gasteiger partial charge in [-0.2, -0.15) is 0 Å². The Morgan fingerprint density at radius 2 is 1.96 bits per heavy atom. The minimum Gasteiger partial charge on any atom is -0.497 e. The van der Waals surface area contributed by atoms with Crippen molar-refractivity contribution in [2.24, 2.45) is 0 Å². The van der Waals surface area contributed by atoms with E-state index in [9.17, 15) is 0 Å². The smallest absolute Gasteiger partial charge is 0.247 e. The van der Waals surface area contributed by atoms with Crippen LogP contribution in [-0.4, -0.2) is 27.3 Å². The number of hydrogen-bond donors (Lipinski definition) is 0. The summed E-state index contributed by atoms with van der Waals surface area (Å²) in [5.41, 5.74) is 0.860. The van der Waals surface area contributed by atoms with Gasteiger partial charge in [-0.05, 0) is 42.6 Å². The van der Waals surface area contributed by atoms with Crippen LogP contribution in [-0.2, 0) is 0 Å². The first-order chi connectivity index (χ1) is 12.2. The molecular formula is C17H14N4O2S2. The summed E-state index contributed by atoms with van der Waals surface area (Å²) in [6, 6.07) is 9.56. The highest BCUT2D eigenvalue weighted by Crippen LogP contribution is 2.37. The molecule has 0 bridgehead atoms. The van der Waals surface area contributed by atoms with Crippen LogP contribution in [0.15, 0.2) is 51.5 Å². The quantitative estimate of drug-likeness (QED) is 0.375. The molecule has 8 heteroatoms. The summed E-state index contributed by atoms with van der Waals surface area (Å²) in [6.45, 7) is 2.02. The number of aromatic nitrogens is 4. The fourth-order valence-electron chi connectivity index (χ4n) is 2.33. The molecule has 0 aliphatic heterocycles. The second-order valence-corrected chi connectivity index (χ2v) is 7.48. The fraction of sp³-hybridized carbons (Fsp3) is 0.176. The summed E-state index contributed by atoms with van der Waals surface area (Å²) < 4.78 is 11.0. The molecule has 6 nitrogen and oxygen atoms in total. The van der Waals surface area contributed by atoms with Gasteiger partial charge in [0.05, 0.1) is 12.4 Å². The highest BCUT2D eigenvalue weighted by Gasteiger charge is 2.18. The summed E-state index contributed by atoms with van der Waals surface area (Å²) in [5.74, 6) is 1.85. The average molecular weight is 370 g/mol. The number of benzene rings is 1. The highest BCUT2D eigenvalue weighted by molar-refractivity contribution is 7.99. The molecule has 126 valence electrons. The van der Waals surface area contributed by atoms with Crippen LogP contribution in [0.2, 0.25) is 0 Å². The molecule has 0 radical (unpaired) electrons. The van der Waals surface area contributed by atoms with Gasteiger partial charge in [0.1, 0.15) is 21.9 Å². The average Bonchev–Trinajstić information content (AvgIpc) is 3.32. The van der Waals surface area contributed by atoms with Crippen molar-refractivity contribution in [3.63, 3.8) is 0 Å². The molecule has 1 atom stereocenters. The minimum atomic E-state index is -0.0162. The predicted octanol–water partition coefficient (Wildman–Crippen LogP) is 4.60. The lowest BCUT2D eigenvalue weighted by molar-refractivity contribution is 0.415. The standard InChI is InChI=1S/C17H14N4O2S2/c1-10(25-17-13-7-8-24-16(13)18-9-19-17)14-20-21-15(23-14)11-3-5-12(22-2)6-4-11/h3-10H,1-2H3/t10-/m0/s1. The van der Waals surface area contributed by atoms with E-state index in [1.807, 2.05) is 42.6 Å². The SMILES string of the molecule is COc1ccc(-c2nnc([C@H](C)Sc3ncnc4sccc34)o2)cc1. The molecule has 0 fully saturated rings. The van der Waals surface area contributed by atoms with Gasteiger partial charge >= 0.3 is 0 Å². The Kier molecular flexibility index (Phi) is 4.37. The van der Waals surface area contributed by atoms with Gasteiger partial charge in [0.25, 0.3) is 0 Å². The van der Waals surface area contributed by atoms with E-state index in [-0.39, 0.29) is 5.25 Å². The normalized spacial score (nSPS) is 12.4. The second-order valence-electron chi connectivity index (χ2n) is 5.25. The number of fused-ring (bicyclic) bond motifs is 1. The molecule has 0 N–H and O–H groups in total. The second kappa shape index (κ2) is 6.81. The highest BCUT2D eigenvalue weighted by atomic mass is 32.2. The zero-order valence-electron chi connectivity index (χ0n) is 13.5. The molecule has 0 saturated heterocycles. The van der Waals surface area contributed by atoms with E-state index in [0.29, 0.717) is 11.8 Å². The van der Waals surface area contributed by atoms with Gasteiger partial charge in [0.15, 0.2) is 0 Å². The lowest BCUT2D eigenvalue weighted by atomic mass is 10.2. The van der Waals surface area contributed by atoms with Crippen LogP contribution in [0.3, 0.4) is 0 Å². The molecule has 4 rings (SSSR count). The van der Waals surface area contributed by atoms with Crippen LogP contribution in [0.4, 0.5) is 0 Å².